The van der Waals surface area contributed by atoms with E-state index in [0.29, 0.717) is 95.7 Å². The molecule has 0 atom stereocenters. The van der Waals surface area contributed by atoms with Gasteiger partial charge in [-0.1, -0.05) is 48.5 Å². The number of rotatable bonds is 36. The van der Waals surface area contributed by atoms with Gasteiger partial charge in [-0.05, 0) is 286 Å². The van der Waals surface area contributed by atoms with E-state index < -0.39 is 0 Å². The molecule has 0 bridgehead atoms. The molecule has 12 amide bonds. The second kappa shape index (κ2) is 54.3. The molecule has 0 aliphatic carbocycles. The van der Waals surface area contributed by atoms with E-state index in [9.17, 15) is 38.4 Å². The third-order valence-corrected chi connectivity index (χ3v) is 27.4. The van der Waals surface area contributed by atoms with Crippen molar-refractivity contribution < 1.29 is 38.4 Å². The summed E-state index contributed by atoms with van der Waals surface area (Å²) in [6.07, 6.45) is 18.5. The maximum absolute atomic E-state index is 12.3. The Bertz CT molecular complexity index is 5190. The number of likely N-dealkylation sites (tertiary alicyclic amines) is 4. The Morgan fingerprint density at radius 2 is 0.478 bits per heavy atom. The number of aromatic nitrogens is 8. The fourth-order valence-corrected chi connectivity index (χ4v) is 18.2. The lowest BCUT2D eigenvalue weighted by Gasteiger charge is -2.16. The second-order valence-electron chi connectivity index (χ2n) is 30.9. The molecule has 0 unspecified atom stereocenters. The van der Waals surface area contributed by atoms with Gasteiger partial charge in [0, 0.05) is 175 Å². The summed E-state index contributed by atoms with van der Waals surface area (Å²) in [7, 11) is 0. The van der Waals surface area contributed by atoms with Gasteiger partial charge in [0.05, 0.1) is 33.8 Å². The third-order valence-electron chi connectivity index (χ3n) is 20.7. The number of halogens is 4. The molecule has 4 saturated heterocycles. The van der Waals surface area contributed by atoms with Gasteiger partial charge in [0.15, 0.2) is 0 Å². The van der Waals surface area contributed by atoms with Crippen molar-refractivity contribution >= 4 is 276 Å². The Morgan fingerprint density at radius 1 is 0.272 bits per heavy atom. The van der Waals surface area contributed by atoms with Gasteiger partial charge in [-0.2, -0.15) is 19.9 Å². The zero-order valence-corrected chi connectivity index (χ0v) is 85.9. The van der Waals surface area contributed by atoms with Crippen LogP contribution in [0.1, 0.15) is 116 Å². The number of carbonyl (C=O) groups is 8. The molecule has 16 N–H and O–H groups in total. The van der Waals surface area contributed by atoms with Gasteiger partial charge in [-0.3, -0.25) is 19.2 Å². The largest absolute Gasteiger partial charge is 0.369 e. The van der Waals surface area contributed by atoms with Gasteiger partial charge < -0.3 is 105 Å². The second-order valence-corrected chi connectivity index (χ2v) is 39.4. The number of nitrogens with zero attached hydrogens (tertiary/aromatic N) is 12. The van der Waals surface area contributed by atoms with E-state index in [0.717, 1.165) is 212 Å². The average Bonchev–Trinajstić information content (AvgIpc) is 1.58. The van der Waals surface area contributed by atoms with Crippen LogP contribution < -0.4 is 85.1 Å². The lowest BCUT2D eigenvalue weighted by atomic mass is 10.3. The Kier molecular flexibility index (Phi) is 40.6. The maximum Gasteiger partial charge on any atom is 0.321 e. The quantitative estimate of drug-likeness (QED) is 0.0128. The molecule has 712 valence electrons. The van der Waals surface area contributed by atoms with Crippen molar-refractivity contribution in [2.45, 2.75) is 77.0 Å². The Morgan fingerprint density at radius 3 is 0.676 bits per heavy atom. The van der Waals surface area contributed by atoms with Crippen LogP contribution in [0.4, 0.5) is 112 Å². The van der Waals surface area contributed by atoms with Gasteiger partial charge >= 0.3 is 24.1 Å². The van der Waals surface area contributed by atoms with Crippen LogP contribution in [0, 0.1) is 14.3 Å². The summed E-state index contributed by atoms with van der Waals surface area (Å²) in [5.41, 5.74) is 5.99. The third kappa shape index (κ3) is 33.3. The fourth-order valence-electron chi connectivity index (χ4n) is 13.9. The van der Waals surface area contributed by atoms with Crippen LogP contribution in [0.5, 0.6) is 0 Å². The number of nitrogens with one attached hydrogen (secondary N) is 16. The maximum atomic E-state index is 12.3. The Balaban J connectivity index is 0.000000153. The minimum absolute atomic E-state index is 0.0445. The predicted molar refractivity (Wildman–Crippen MR) is 576 cm³/mol. The van der Waals surface area contributed by atoms with Crippen molar-refractivity contribution in [1.82, 2.24) is 80.7 Å². The van der Waals surface area contributed by atoms with Crippen LogP contribution in [-0.4, -0.2) is 212 Å². The smallest absolute Gasteiger partial charge is 0.321 e. The molecule has 0 spiro atoms. The Labute approximate surface area is 858 Å². The number of carbonyl (C=O) groups excluding carboxylic acids is 8. The van der Waals surface area contributed by atoms with Gasteiger partial charge in [0.25, 0.3) is 23.6 Å². The summed E-state index contributed by atoms with van der Waals surface area (Å²) in [6.45, 7) is 11.4. The van der Waals surface area contributed by atoms with E-state index in [1.165, 1.54) is 45.3 Å². The molecule has 36 nitrogen and oxygen atoms in total. The molecule has 12 aromatic rings. The van der Waals surface area contributed by atoms with Crippen LogP contribution in [0.15, 0.2) is 192 Å². The number of amides is 12. The highest BCUT2D eigenvalue weighted by atomic mass is 127. The molecule has 4 aliphatic heterocycles. The highest BCUT2D eigenvalue weighted by molar-refractivity contribution is 14.1. The van der Waals surface area contributed by atoms with Crippen LogP contribution in [0.3, 0.4) is 0 Å². The molecule has 44 heteroatoms. The van der Waals surface area contributed by atoms with Crippen molar-refractivity contribution in [3.05, 3.63) is 226 Å². The fraction of sp³-hybridized carbons (Fsp3) is 0.304. The van der Waals surface area contributed by atoms with Gasteiger partial charge in [0.1, 0.15) is 23.3 Å². The number of benzene rings is 4. The number of thiophene rings is 4. The molecular formula is C92H104I4N28O8S4. The molecule has 12 heterocycles. The first-order valence-corrected chi connectivity index (χ1v) is 52.2. The first kappa shape index (κ1) is 102. The first-order chi connectivity index (χ1) is 66.3. The lowest BCUT2D eigenvalue weighted by molar-refractivity contribution is 0.0949. The number of urea groups is 4. The van der Waals surface area contributed by atoms with Crippen molar-refractivity contribution in [3.63, 3.8) is 0 Å². The van der Waals surface area contributed by atoms with Gasteiger partial charge in [-0.25, -0.2) is 39.1 Å². The van der Waals surface area contributed by atoms with E-state index in [1.54, 1.807) is 24.8 Å². The van der Waals surface area contributed by atoms with Crippen LogP contribution in [0.25, 0.3) is 0 Å². The SMILES string of the molecule is O=C(NCCCNc1nc(Nc2cccc(NC(=O)N3CCCC3)c2)ncc1I)c1cccs1.O=C(NCCCNc1nc(Nc2cccc(NC(=O)N3CCCC3)c2)ncc1I)c1cccs1.O=C(NCCCNc1nc(Nc2cccc(NC(=O)N3CCCC3)c2)ncc1I)c1cccs1.O=C(NCCCNc1nc(Nc2cccc(NC(=O)N3CCCC3)c2)ncc1I)c1cccs1. The molecule has 0 radical (unpaired) electrons. The molecular weight excluding hydrogens is 2260 g/mol. The molecule has 16 rings (SSSR count). The number of hydrogen-bond donors (Lipinski definition) is 16. The summed E-state index contributed by atoms with van der Waals surface area (Å²) in [6, 6.07) is 44.4. The minimum atomic E-state index is -0.0711. The molecule has 0 saturated carbocycles. The lowest BCUT2D eigenvalue weighted by Crippen LogP contribution is -2.32. The van der Waals surface area contributed by atoms with Gasteiger partial charge in [-0.15, -0.1) is 45.3 Å². The monoisotopic (exact) mass is 2360 g/mol. The number of anilines is 16. The highest BCUT2D eigenvalue weighted by Crippen LogP contribution is 2.29. The topological polar surface area (TPSA) is 445 Å². The Hall–Kier alpha value is -11.7. The summed E-state index contributed by atoms with van der Waals surface area (Å²) >= 11 is 14.5. The van der Waals surface area contributed by atoms with E-state index in [-0.39, 0.29) is 47.8 Å². The molecule has 4 fully saturated rings. The minimum Gasteiger partial charge on any atom is -0.369 e. The number of hydrogen-bond acceptors (Lipinski definition) is 28. The summed E-state index contributed by atoms with van der Waals surface area (Å²) in [4.78, 5) is 143. The zero-order valence-electron chi connectivity index (χ0n) is 74.1. The summed E-state index contributed by atoms with van der Waals surface area (Å²) < 4.78 is 3.60. The molecule has 136 heavy (non-hydrogen) atoms. The highest BCUT2D eigenvalue weighted by Gasteiger charge is 2.24. The normalized spacial score (nSPS) is 12.9. The predicted octanol–water partition coefficient (Wildman–Crippen LogP) is 19.0. The van der Waals surface area contributed by atoms with Crippen LogP contribution in [0.2, 0.25) is 0 Å². The van der Waals surface area contributed by atoms with Crippen molar-refractivity contribution in [1.29, 1.82) is 0 Å². The van der Waals surface area contributed by atoms with E-state index in [2.05, 4.69) is 215 Å². The van der Waals surface area contributed by atoms with Crippen molar-refractivity contribution in [2.75, 3.05) is 169 Å². The van der Waals surface area contributed by atoms with Crippen molar-refractivity contribution in [2.24, 2.45) is 0 Å². The van der Waals surface area contributed by atoms with Crippen LogP contribution >= 0.6 is 136 Å². The van der Waals surface area contributed by atoms with Crippen LogP contribution in [-0.2, 0) is 0 Å². The molecule has 4 aliphatic rings. The summed E-state index contributed by atoms with van der Waals surface area (Å²) in [5.74, 6) is 4.54. The van der Waals surface area contributed by atoms with E-state index in [4.69, 9.17) is 0 Å². The average molecular weight is 2370 g/mol. The first-order valence-electron chi connectivity index (χ1n) is 44.4. The standard InChI is InChI=1S/4C23H26IN7O2S/c4*24-18-15-27-22(30-20(18)25-9-5-10-26-21(32)19-8-4-13-34-19)28-16-6-3-7-17(14-16)29-23(33)31-11-1-2-12-31/h4*3-4,6-8,13-15H,1-2,5,9-12H2,(H,26,32)(H,29,33)(H2,25,27,28,30). The summed E-state index contributed by atoms with van der Waals surface area (Å²) in [5, 5.41) is 57.1. The van der Waals surface area contributed by atoms with E-state index >= 15 is 0 Å². The van der Waals surface area contributed by atoms with E-state index in [1.807, 2.05) is 187 Å². The van der Waals surface area contributed by atoms with Crippen molar-refractivity contribution in [3.8, 4) is 0 Å². The van der Waals surface area contributed by atoms with Gasteiger partial charge in [0.2, 0.25) is 23.8 Å². The molecule has 4 aromatic carbocycles. The zero-order chi connectivity index (χ0) is 95.0. The molecule has 8 aromatic heterocycles.